The zero-order chi connectivity index (χ0) is 19.4. The summed E-state index contributed by atoms with van der Waals surface area (Å²) in [6.07, 6.45) is 2.84. The standard InChI is InChI=1S/C18H18N6O3/c1-11-6-7-14(27-3)13(9-11)22-17-15(24(25)26)18(21-10-20-17)23-16-12(2)5-4-8-19-16/h4-10H,1-3H3,(H2,19,20,21,22,23). The molecular formula is C18H18N6O3. The second-order valence-corrected chi connectivity index (χ2v) is 5.80. The third-order valence-corrected chi connectivity index (χ3v) is 3.86. The molecule has 2 aromatic heterocycles. The van der Waals surface area contributed by atoms with E-state index in [1.807, 2.05) is 32.0 Å². The summed E-state index contributed by atoms with van der Waals surface area (Å²) in [6, 6.07) is 9.11. The van der Waals surface area contributed by atoms with E-state index >= 15 is 0 Å². The molecule has 0 saturated carbocycles. The number of aromatic nitrogens is 3. The molecule has 3 aromatic rings. The number of hydrogen-bond acceptors (Lipinski definition) is 8. The molecule has 0 aliphatic carbocycles. The molecule has 9 nitrogen and oxygen atoms in total. The van der Waals surface area contributed by atoms with E-state index in [1.165, 1.54) is 13.4 Å². The van der Waals surface area contributed by atoms with Crippen LogP contribution in [0.5, 0.6) is 5.75 Å². The van der Waals surface area contributed by atoms with Gasteiger partial charge in [0.2, 0.25) is 11.6 Å². The molecule has 0 amide bonds. The van der Waals surface area contributed by atoms with Crippen LogP contribution >= 0.6 is 0 Å². The number of nitrogens with one attached hydrogen (secondary N) is 2. The van der Waals surface area contributed by atoms with Crippen molar-refractivity contribution in [2.24, 2.45) is 0 Å². The lowest BCUT2D eigenvalue weighted by Gasteiger charge is -2.13. The molecule has 9 heteroatoms. The Bertz CT molecular complexity index is 993. The first-order valence-electron chi connectivity index (χ1n) is 8.09. The maximum absolute atomic E-state index is 11.7. The van der Waals surface area contributed by atoms with Crippen LogP contribution in [0, 0.1) is 24.0 Å². The van der Waals surface area contributed by atoms with Crippen LogP contribution in [0.3, 0.4) is 0 Å². The lowest BCUT2D eigenvalue weighted by molar-refractivity contribution is -0.383. The molecule has 0 atom stereocenters. The zero-order valence-corrected chi connectivity index (χ0v) is 15.1. The Labute approximate surface area is 155 Å². The van der Waals surface area contributed by atoms with E-state index in [2.05, 4.69) is 25.6 Å². The highest BCUT2D eigenvalue weighted by atomic mass is 16.6. The number of nitrogens with zero attached hydrogens (tertiary/aromatic N) is 4. The molecule has 0 aliphatic heterocycles. The Kier molecular flexibility index (Phi) is 5.11. The first-order chi connectivity index (χ1) is 13.0. The van der Waals surface area contributed by atoms with Crippen LogP contribution in [0.2, 0.25) is 0 Å². The van der Waals surface area contributed by atoms with Crippen LogP contribution in [-0.4, -0.2) is 27.0 Å². The average molecular weight is 366 g/mol. The van der Waals surface area contributed by atoms with Gasteiger partial charge in [-0.25, -0.2) is 15.0 Å². The highest BCUT2D eigenvalue weighted by Gasteiger charge is 2.24. The molecule has 3 rings (SSSR count). The molecule has 1 aromatic carbocycles. The van der Waals surface area contributed by atoms with Crippen LogP contribution in [-0.2, 0) is 0 Å². The van der Waals surface area contributed by atoms with Gasteiger partial charge in [0, 0.05) is 6.20 Å². The molecule has 138 valence electrons. The van der Waals surface area contributed by atoms with Crippen molar-refractivity contribution >= 4 is 28.8 Å². The van der Waals surface area contributed by atoms with Crippen molar-refractivity contribution in [2.45, 2.75) is 13.8 Å². The fourth-order valence-electron chi connectivity index (χ4n) is 2.51. The van der Waals surface area contributed by atoms with Crippen LogP contribution in [0.15, 0.2) is 42.9 Å². The average Bonchev–Trinajstić information content (AvgIpc) is 2.64. The van der Waals surface area contributed by atoms with Crippen molar-refractivity contribution in [1.29, 1.82) is 0 Å². The molecule has 0 radical (unpaired) electrons. The number of benzene rings is 1. The van der Waals surface area contributed by atoms with Crippen molar-refractivity contribution in [3.63, 3.8) is 0 Å². The Morgan fingerprint density at radius 3 is 2.44 bits per heavy atom. The molecule has 27 heavy (non-hydrogen) atoms. The smallest absolute Gasteiger partial charge is 0.353 e. The highest BCUT2D eigenvalue weighted by molar-refractivity contribution is 5.78. The van der Waals surface area contributed by atoms with Gasteiger partial charge in [0.15, 0.2) is 0 Å². The van der Waals surface area contributed by atoms with Crippen LogP contribution in [0.25, 0.3) is 0 Å². The highest BCUT2D eigenvalue weighted by Crippen LogP contribution is 2.35. The van der Waals surface area contributed by atoms with Gasteiger partial charge in [-0.15, -0.1) is 0 Å². The predicted octanol–water partition coefficient (Wildman–Crippen LogP) is 3.89. The number of aryl methyl sites for hydroxylation is 2. The van der Waals surface area contributed by atoms with E-state index in [4.69, 9.17) is 4.74 Å². The van der Waals surface area contributed by atoms with Gasteiger partial charge in [0.1, 0.15) is 17.9 Å². The summed E-state index contributed by atoms with van der Waals surface area (Å²) >= 11 is 0. The number of methoxy groups -OCH3 is 1. The van der Waals surface area contributed by atoms with E-state index in [9.17, 15) is 10.1 Å². The third kappa shape index (κ3) is 3.92. The lowest BCUT2D eigenvalue weighted by Crippen LogP contribution is -2.07. The minimum absolute atomic E-state index is 0.0471. The normalized spacial score (nSPS) is 10.3. The summed E-state index contributed by atoms with van der Waals surface area (Å²) in [6.45, 7) is 3.76. The van der Waals surface area contributed by atoms with E-state index < -0.39 is 4.92 Å². The Hall–Kier alpha value is -3.75. The summed E-state index contributed by atoms with van der Waals surface area (Å²) in [4.78, 5) is 23.4. The summed E-state index contributed by atoms with van der Waals surface area (Å²) in [5.41, 5.74) is 2.09. The lowest BCUT2D eigenvalue weighted by atomic mass is 10.2. The topological polar surface area (TPSA) is 115 Å². The van der Waals surface area contributed by atoms with Gasteiger partial charge >= 0.3 is 5.69 Å². The molecule has 0 spiro atoms. The summed E-state index contributed by atoms with van der Waals surface area (Å²) in [7, 11) is 1.53. The van der Waals surface area contributed by atoms with E-state index in [0.717, 1.165) is 11.1 Å². The second-order valence-electron chi connectivity index (χ2n) is 5.80. The number of anilines is 4. The molecule has 0 bridgehead atoms. The van der Waals surface area contributed by atoms with Crippen molar-refractivity contribution in [1.82, 2.24) is 15.0 Å². The van der Waals surface area contributed by atoms with Gasteiger partial charge in [-0.1, -0.05) is 12.1 Å². The van der Waals surface area contributed by atoms with Crippen molar-refractivity contribution in [3.8, 4) is 5.75 Å². The number of nitro groups is 1. The van der Waals surface area contributed by atoms with Gasteiger partial charge in [-0.05, 0) is 43.2 Å². The summed E-state index contributed by atoms with van der Waals surface area (Å²) in [5.74, 6) is 1.13. The van der Waals surface area contributed by atoms with E-state index in [1.54, 1.807) is 18.3 Å². The molecular weight excluding hydrogens is 348 g/mol. The van der Waals surface area contributed by atoms with Gasteiger partial charge in [0.05, 0.1) is 17.7 Å². The SMILES string of the molecule is COc1ccc(C)cc1Nc1ncnc(Nc2ncccc2C)c1[N+](=O)[O-]. The zero-order valence-electron chi connectivity index (χ0n) is 15.1. The number of rotatable bonds is 6. The minimum atomic E-state index is -0.536. The molecule has 2 heterocycles. The van der Waals surface area contributed by atoms with Gasteiger partial charge in [0.25, 0.3) is 0 Å². The Morgan fingerprint density at radius 2 is 1.78 bits per heavy atom. The molecule has 0 fully saturated rings. The van der Waals surface area contributed by atoms with Gasteiger partial charge in [-0.3, -0.25) is 10.1 Å². The molecule has 0 saturated heterocycles. The molecule has 0 aliphatic rings. The molecule has 2 N–H and O–H groups in total. The second kappa shape index (κ2) is 7.65. The van der Waals surface area contributed by atoms with Gasteiger partial charge < -0.3 is 15.4 Å². The third-order valence-electron chi connectivity index (χ3n) is 3.86. The number of ether oxygens (including phenoxy) is 1. The quantitative estimate of drug-likeness (QED) is 0.499. The minimum Gasteiger partial charge on any atom is -0.495 e. The maximum atomic E-state index is 11.7. The van der Waals surface area contributed by atoms with E-state index in [0.29, 0.717) is 17.3 Å². The monoisotopic (exact) mass is 366 g/mol. The summed E-state index contributed by atoms with van der Waals surface area (Å²) < 4.78 is 5.31. The van der Waals surface area contributed by atoms with Crippen molar-refractivity contribution in [3.05, 3.63) is 64.1 Å². The van der Waals surface area contributed by atoms with Crippen LogP contribution < -0.4 is 15.4 Å². The molecule has 0 unspecified atom stereocenters. The number of hydrogen-bond donors (Lipinski definition) is 2. The first-order valence-corrected chi connectivity index (χ1v) is 8.09. The van der Waals surface area contributed by atoms with E-state index in [-0.39, 0.29) is 17.3 Å². The van der Waals surface area contributed by atoms with Crippen LogP contribution in [0.1, 0.15) is 11.1 Å². The fourth-order valence-corrected chi connectivity index (χ4v) is 2.51. The van der Waals surface area contributed by atoms with Crippen molar-refractivity contribution < 1.29 is 9.66 Å². The van der Waals surface area contributed by atoms with Crippen LogP contribution in [0.4, 0.5) is 28.8 Å². The van der Waals surface area contributed by atoms with Gasteiger partial charge in [-0.2, -0.15) is 0 Å². The maximum Gasteiger partial charge on any atom is 0.353 e. The van der Waals surface area contributed by atoms with Crippen molar-refractivity contribution in [2.75, 3.05) is 17.7 Å². The first kappa shape index (κ1) is 18.1. The Balaban J connectivity index is 2.03. The Morgan fingerprint density at radius 1 is 1.04 bits per heavy atom. The largest absolute Gasteiger partial charge is 0.495 e. The number of pyridine rings is 1. The predicted molar refractivity (Wildman–Crippen MR) is 102 cm³/mol. The summed E-state index contributed by atoms with van der Waals surface area (Å²) in [5, 5.41) is 17.6. The fraction of sp³-hybridized carbons (Fsp3) is 0.167.